The second kappa shape index (κ2) is 10.4. The first-order chi connectivity index (χ1) is 16.4. The van der Waals surface area contributed by atoms with E-state index < -0.39 is 11.2 Å². The van der Waals surface area contributed by atoms with Crippen molar-refractivity contribution >= 4 is 35.0 Å². The second-order valence-corrected chi connectivity index (χ2v) is 8.45. The number of ether oxygens (including phenoxy) is 1. The maximum absolute atomic E-state index is 12.5. The van der Waals surface area contributed by atoms with Gasteiger partial charge in [-0.05, 0) is 30.3 Å². The number of thioether (sulfide) groups is 1. The van der Waals surface area contributed by atoms with E-state index in [1.54, 1.807) is 48.1 Å². The number of hydrogen-bond acceptors (Lipinski definition) is 7. The number of nitrogens with one attached hydrogen (secondary N) is 3. The lowest BCUT2D eigenvalue weighted by Crippen LogP contribution is -2.23. The van der Waals surface area contributed by atoms with E-state index in [0.717, 1.165) is 0 Å². The third kappa shape index (κ3) is 5.74. The molecule has 0 atom stereocenters. The van der Waals surface area contributed by atoms with E-state index in [4.69, 9.17) is 16.3 Å². The van der Waals surface area contributed by atoms with Crippen LogP contribution in [0.5, 0.6) is 5.75 Å². The highest BCUT2D eigenvalue weighted by molar-refractivity contribution is 7.99. The summed E-state index contributed by atoms with van der Waals surface area (Å²) in [7, 11) is 1.56. The van der Waals surface area contributed by atoms with Gasteiger partial charge in [0.05, 0.1) is 18.6 Å². The second-order valence-electron chi connectivity index (χ2n) is 7.07. The normalized spacial score (nSPS) is 10.8. The van der Waals surface area contributed by atoms with E-state index in [0.29, 0.717) is 38.8 Å². The molecule has 12 heteroatoms. The molecule has 4 aromatic rings. The van der Waals surface area contributed by atoms with Gasteiger partial charge in [-0.15, -0.1) is 10.2 Å². The zero-order chi connectivity index (χ0) is 24.1. The Morgan fingerprint density at radius 1 is 1.12 bits per heavy atom. The molecule has 0 saturated heterocycles. The van der Waals surface area contributed by atoms with Crippen molar-refractivity contribution in [1.29, 1.82) is 0 Å². The maximum atomic E-state index is 12.5. The van der Waals surface area contributed by atoms with Crippen molar-refractivity contribution in [3.8, 4) is 11.4 Å². The van der Waals surface area contributed by atoms with Gasteiger partial charge in [0.2, 0.25) is 5.91 Å². The molecule has 0 aliphatic heterocycles. The van der Waals surface area contributed by atoms with Crippen molar-refractivity contribution in [2.75, 3.05) is 18.2 Å². The number of amides is 1. The van der Waals surface area contributed by atoms with E-state index in [9.17, 15) is 14.4 Å². The minimum absolute atomic E-state index is 0.0659. The van der Waals surface area contributed by atoms with Crippen molar-refractivity contribution in [3.63, 3.8) is 0 Å². The van der Waals surface area contributed by atoms with Crippen molar-refractivity contribution in [3.05, 3.63) is 92.0 Å². The van der Waals surface area contributed by atoms with E-state index >= 15 is 0 Å². The SMILES string of the molecule is COc1cccc(-n2c(Cc3cc(=O)[nH]c(=O)[nH]3)nnc2SCC(=O)Nc2cccc(Cl)c2)c1. The van der Waals surface area contributed by atoms with Crippen LogP contribution in [0, 0.1) is 0 Å². The molecule has 0 bridgehead atoms. The van der Waals surface area contributed by atoms with E-state index in [2.05, 4.69) is 25.5 Å². The molecule has 34 heavy (non-hydrogen) atoms. The molecule has 0 spiro atoms. The molecule has 174 valence electrons. The molecule has 0 radical (unpaired) electrons. The molecule has 2 aromatic carbocycles. The molecule has 0 saturated carbocycles. The van der Waals surface area contributed by atoms with Gasteiger partial charge in [0.1, 0.15) is 11.6 Å². The number of aromatic amines is 2. The maximum Gasteiger partial charge on any atom is 0.325 e. The summed E-state index contributed by atoms with van der Waals surface area (Å²) in [5.41, 5.74) is 0.539. The van der Waals surface area contributed by atoms with Crippen LogP contribution in [0.25, 0.3) is 5.69 Å². The molecular weight excluding hydrogens is 480 g/mol. The standard InChI is InChI=1S/C22H19ClN6O4S/c1-33-17-7-3-6-16(11-17)29-18(9-15-10-19(30)26-21(32)25-15)27-28-22(29)34-12-20(31)24-14-5-2-4-13(23)8-14/h2-8,10-11H,9,12H2,1H3,(H,24,31)(H2,25,26,30,32). The van der Waals surface area contributed by atoms with Gasteiger partial charge in [-0.2, -0.15) is 0 Å². The number of aromatic nitrogens is 5. The number of H-pyrrole nitrogens is 2. The van der Waals surface area contributed by atoms with Crippen molar-refractivity contribution in [1.82, 2.24) is 24.7 Å². The molecule has 0 fully saturated rings. The van der Waals surface area contributed by atoms with Crippen LogP contribution < -0.4 is 21.3 Å². The zero-order valence-corrected chi connectivity index (χ0v) is 19.4. The lowest BCUT2D eigenvalue weighted by molar-refractivity contribution is -0.113. The Bertz CT molecular complexity index is 1420. The number of carbonyl (C=O) groups is 1. The molecule has 1 amide bonds. The highest BCUT2D eigenvalue weighted by atomic mass is 35.5. The van der Waals surface area contributed by atoms with Crippen LogP contribution in [0.4, 0.5) is 5.69 Å². The fourth-order valence-corrected chi connectivity index (χ4v) is 4.16. The lowest BCUT2D eigenvalue weighted by atomic mass is 10.2. The third-order valence-corrected chi connectivity index (χ3v) is 5.78. The molecule has 3 N–H and O–H groups in total. The van der Waals surface area contributed by atoms with Crippen LogP contribution >= 0.6 is 23.4 Å². The van der Waals surface area contributed by atoms with Gasteiger partial charge >= 0.3 is 5.69 Å². The molecule has 0 aliphatic rings. The Labute approximate surface area is 202 Å². The van der Waals surface area contributed by atoms with Crippen LogP contribution in [0.2, 0.25) is 5.02 Å². The first-order valence-electron chi connectivity index (χ1n) is 10.0. The first-order valence-corrected chi connectivity index (χ1v) is 11.4. The molecule has 2 heterocycles. The number of rotatable bonds is 8. The molecule has 10 nitrogen and oxygen atoms in total. The van der Waals surface area contributed by atoms with Gasteiger partial charge in [0, 0.05) is 35.0 Å². The predicted molar refractivity (Wildman–Crippen MR) is 129 cm³/mol. The number of nitrogens with zero attached hydrogens (tertiary/aromatic N) is 3. The summed E-state index contributed by atoms with van der Waals surface area (Å²) in [5, 5.41) is 12.2. The van der Waals surface area contributed by atoms with Crippen LogP contribution in [0.1, 0.15) is 11.5 Å². The van der Waals surface area contributed by atoms with Crippen LogP contribution in [0.3, 0.4) is 0 Å². The first kappa shape index (κ1) is 23.3. The lowest BCUT2D eigenvalue weighted by Gasteiger charge is -2.12. The van der Waals surface area contributed by atoms with Gasteiger partial charge in [0.25, 0.3) is 5.56 Å². The van der Waals surface area contributed by atoms with Crippen LogP contribution in [0.15, 0.2) is 69.3 Å². The number of halogens is 1. The van der Waals surface area contributed by atoms with Gasteiger partial charge < -0.3 is 15.0 Å². The molecule has 2 aromatic heterocycles. The number of carbonyl (C=O) groups excluding carboxylic acids is 1. The fourth-order valence-electron chi connectivity index (χ4n) is 3.20. The average molecular weight is 499 g/mol. The van der Waals surface area contributed by atoms with E-state index in [1.165, 1.54) is 17.8 Å². The van der Waals surface area contributed by atoms with E-state index in [-0.39, 0.29) is 18.1 Å². The van der Waals surface area contributed by atoms with Crippen LogP contribution in [-0.2, 0) is 11.2 Å². The van der Waals surface area contributed by atoms with Gasteiger partial charge in [-0.1, -0.05) is 35.5 Å². The summed E-state index contributed by atoms with van der Waals surface area (Å²) in [4.78, 5) is 40.6. The summed E-state index contributed by atoms with van der Waals surface area (Å²) in [6.45, 7) is 0. The molecule has 0 aliphatic carbocycles. The smallest absolute Gasteiger partial charge is 0.325 e. The van der Waals surface area contributed by atoms with Crippen LogP contribution in [-0.4, -0.2) is 43.5 Å². The number of hydrogen-bond donors (Lipinski definition) is 3. The third-order valence-electron chi connectivity index (χ3n) is 4.62. The van der Waals surface area contributed by atoms with Crippen molar-refractivity contribution < 1.29 is 9.53 Å². The average Bonchev–Trinajstić information content (AvgIpc) is 3.19. The fraction of sp³-hybridized carbons (Fsp3) is 0.136. The Morgan fingerprint density at radius 3 is 2.71 bits per heavy atom. The molecule has 0 unspecified atom stereocenters. The monoisotopic (exact) mass is 498 g/mol. The highest BCUT2D eigenvalue weighted by Crippen LogP contribution is 2.26. The topological polar surface area (TPSA) is 135 Å². The predicted octanol–water partition coefficient (Wildman–Crippen LogP) is 2.63. The summed E-state index contributed by atoms with van der Waals surface area (Å²) >= 11 is 7.16. The minimum Gasteiger partial charge on any atom is -0.497 e. The summed E-state index contributed by atoms with van der Waals surface area (Å²) in [5.74, 6) is 0.910. The number of benzene rings is 2. The van der Waals surface area contributed by atoms with E-state index in [1.807, 2.05) is 12.1 Å². The van der Waals surface area contributed by atoms with Crippen molar-refractivity contribution in [2.24, 2.45) is 0 Å². The summed E-state index contributed by atoms with van der Waals surface area (Å²) in [6.07, 6.45) is 0.138. The number of methoxy groups -OCH3 is 1. The Balaban J connectivity index is 1.61. The molecule has 4 rings (SSSR count). The molecular formula is C22H19ClN6O4S. The van der Waals surface area contributed by atoms with Crippen molar-refractivity contribution in [2.45, 2.75) is 11.6 Å². The van der Waals surface area contributed by atoms with Gasteiger partial charge in [-0.25, -0.2) is 4.79 Å². The summed E-state index contributed by atoms with van der Waals surface area (Å²) < 4.78 is 7.08. The highest BCUT2D eigenvalue weighted by Gasteiger charge is 2.17. The number of anilines is 1. The Hall–Kier alpha value is -3.83. The largest absolute Gasteiger partial charge is 0.497 e. The van der Waals surface area contributed by atoms with Gasteiger partial charge in [0.15, 0.2) is 5.16 Å². The quantitative estimate of drug-likeness (QED) is 0.318. The summed E-state index contributed by atoms with van der Waals surface area (Å²) in [6, 6.07) is 15.4. The van der Waals surface area contributed by atoms with Gasteiger partial charge in [-0.3, -0.25) is 19.1 Å². The Morgan fingerprint density at radius 2 is 1.94 bits per heavy atom. The minimum atomic E-state index is -0.609. The zero-order valence-electron chi connectivity index (χ0n) is 17.9. The Kier molecular flexibility index (Phi) is 7.14.